The molecule has 31 heavy (non-hydrogen) atoms. The second kappa shape index (κ2) is 10.2. The summed E-state index contributed by atoms with van der Waals surface area (Å²) in [5, 5.41) is 12.9. The molecule has 1 N–H and O–H groups in total. The van der Waals surface area contributed by atoms with E-state index in [2.05, 4.69) is 10.5 Å². The van der Waals surface area contributed by atoms with Gasteiger partial charge in [-0.15, -0.1) is 0 Å². The van der Waals surface area contributed by atoms with Crippen LogP contribution in [0.4, 0.5) is 4.39 Å². The Morgan fingerprint density at radius 2 is 2.00 bits per heavy atom. The van der Waals surface area contributed by atoms with Gasteiger partial charge in [0.2, 0.25) is 0 Å². The molecule has 0 heterocycles. The molecule has 156 valence electrons. The molecule has 0 saturated heterocycles. The molecule has 0 radical (unpaired) electrons. The van der Waals surface area contributed by atoms with Gasteiger partial charge in [-0.3, -0.25) is 4.79 Å². The number of hydrazone groups is 1. The number of ether oxygens (including phenoxy) is 2. The average molecular weight is 438 g/mol. The van der Waals surface area contributed by atoms with E-state index in [1.165, 1.54) is 25.5 Å². The minimum atomic E-state index is -0.809. The number of methoxy groups -OCH3 is 1. The fraction of sp³-hybridized carbons (Fsp3) is 0.0870. The first-order chi connectivity index (χ1) is 15.0. The third-order valence-electron chi connectivity index (χ3n) is 4.20. The molecular weight excluding hydrogens is 421 g/mol. The maximum atomic E-state index is 13.9. The van der Waals surface area contributed by atoms with Gasteiger partial charge in [0.1, 0.15) is 12.4 Å². The van der Waals surface area contributed by atoms with Crippen molar-refractivity contribution in [1.29, 1.82) is 5.26 Å². The van der Waals surface area contributed by atoms with E-state index in [1.807, 2.05) is 30.3 Å². The normalized spacial score (nSPS) is 10.5. The van der Waals surface area contributed by atoms with E-state index in [1.54, 1.807) is 18.2 Å². The average Bonchev–Trinajstić information content (AvgIpc) is 2.78. The van der Waals surface area contributed by atoms with Crippen LogP contribution in [-0.4, -0.2) is 19.2 Å². The maximum Gasteiger partial charge on any atom is 0.274 e. The van der Waals surface area contributed by atoms with E-state index in [4.69, 9.17) is 26.3 Å². The van der Waals surface area contributed by atoms with Crippen molar-refractivity contribution in [3.05, 3.63) is 93.8 Å². The van der Waals surface area contributed by atoms with Crippen molar-refractivity contribution in [1.82, 2.24) is 5.43 Å². The van der Waals surface area contributed by atoms with Crippen LogP contribution in [-0.2, 0) is 6.61 Å². The highest BCUT2D eigenvalue weighted by atomic mass is 35.5. The summed E-state index contributed by atoms with van der Waals surface area (Å²) in [5.41, 5.74) is 3.64. The highest BCUT2D eigenvalue weighted by Crippen LogP contribution is 2.36. The molecule has 3 aromatic carbocycles. The Balaban J connectivity index is 1.70. The number of nitrogens with zero attached hydrogens (tertiary/aromatic N) is 2. The fourth-order valence-electron chi connectivity index (χ4n) is 2.68. The van der Waals surface area contributed by atoms with E-state index in [0.717, 1.165) is 11.6 Å². The van der Waals surface area contributed by atoms with Crippen LogP contribution in [0.3, 0.4) is 0 Å². The maximum absolute atomic E-state index is 13.9. The third-order valence-corrected chi connectivity index (χ3v) is 4.48. The van der Waals surface area contributed by atoms with E-state index >= 15 is 0 Å². The van der Waals surface area contributed by atoms with Crippen LogP contribution in [0.15, 0.2) is 65.8 Å². The molecule has 0 aliphatic carbocycles. The van der Waals surface area contributed by atoms with Crippen LogP contribution >= 0.6 is 11.6 Å². The van der Waals surface area contributed by atoms with E-state index in [0.29, 0.717) is 28.7 Å². The molecule has 0 bridgehead atoms. The Labute approximate surface area is 183 Å². The van der Waals surface area contributed by atoms with Gasteiger partial charge in [-0.25, -0.2) is 9.82 Å². The second-order valence-electron chi connectivity index (χ2n) is 6.31. The third kappa shape index (κ3) is 5.59. The molecule has 0 atom stereocenters. The van der Waals surface area contributed by atoms with Crippen LogP contribution in [0.1, 0.15) is 27.0 Å². The molecule has 0 unspecified atom stereocenters. The van der Waals surface area contributed by atoms with Crippen molar-refractivity contribution in [3.63, 3.8) is 0 Å². The number of carbonyl (C=O) groups is 1. The first-order valence-corrected chi connectivity index (χ1v) is 9.47. The summed E-state index contributed by atoms with van der Waals surface area (Å²) in [6, 6.07) is 18.2. The zero-order valence-corrected chi connectivity index (χ0v) is 17.2. The monoisotopic (exact) mass is 437 g/mol. The Morgan fingerprint density at radius 1 is 1.23 bits per heavy atom. The van der Waals surface area contributed by atoms with Gasteiger partial charge in [0, 0.05) is 0 Å². The number of rotatable bonds is 7. The van der Waals surface area contributed by atoms with Crippen molar-refractivity contribution in [3.8, 4) is 17.6 Å². The second-order valence-corrected chi connectivity index (χ2v) is 6.72. The minimum absolute atomic E-state index is 0.119. The van der Waals surface area contributed by atoms with Crippen molar-refractivity contribution in [2.45, 2.75) is 6.61 Å². The number of benzene rings is 3. The smallest absolute Gasteiger partial charge is 0.274 e. The van der Waals surface area contributed by atoms with E-state index in [9.17, 15) is 9.18 Å². The molecule has 0 saturated carbocycles. The molecule has 0 fully saturated rings. The Hall–Kier alpha value is -3.89. The fourth-order valence-corrected chi connectivity index (χ4v) is 2.95. The topological polar surface area (TPSA) is 83.7 Å². The van der Waals surface area contributed by atoms with Crippen LogP contribution < -0.4 is 14.9 Å². The molecule has 3 rings (SSSR count). The molecule has 0 aliphatic heterocycles. The van der Waals surface area contributed by atoms with Gasteiger partial charge >= 0.3 is 0 Å². The molecule has 6 nitrogen and oxygen atoms in total. The van der Waals surface area contributed by atoms with Gasteiger partial charge < -0.3 is 9.47 Å². The molecule has 1 amide bonds. The van der Waals surface area contributed by atoms with Gasteiger partial charge in [0.05, 0.1) is 35.5 Å². The quantitative estimate of drug-likeness (QED) is 0.429. The predicted molar refractivity (Wildman–Crippen MR) is 115 cm³/mol. The summed E-state index contributed by atoms with van der Waals surface area (Å²) in [6.07, 6.45) is 1.34. The number of carbonyl (C=O) groups excluding carboxylic acids is 1. The molecule has 0 spiro atoms. The molecule has 8 heteroatoms. The summed E-state index contributed by atoms with van der Waals surface area (Å²) >= 11 is 6.34. The van der Waals surface area contributed by atoms with Gasteiger partial charge in [0.15, 0.2) is 11.5 Å². The van der Waals surface area contributed by atoms with Crippen molar-refractivity contribution >= 4 is 23.7 Å². The van der Waals surface area contributed by atoms with E-state index < -0.39 is 11.7 Å². The van der Waals surface area contributed by atoms with Crippen LogP contribution in [0, 0.1) is 17.1 Å². The van der Waals surface area contributed by atoms with Crippen molar-refractivity contribution < 1.29 is 18.7 Å². The lowest BCUT2D eigenvalue weighted by molar-refractivity contribution is 0.0951. The molecule has 0 aliphatic rings. The zero-order valence-electron chi connectivity index (χ0n) is 16.4. The highest BCUT2D eigenvalue weighted by Gasteiger charge is 2.13. The summed E-state index contributed by atoms with van der Waals surface area (Å²) < 4.78 is 25.1. The van der Waals surface area contributed by atoms with Crippen LogP contribution in [0.25, 0.3) is 0 Å². The summed E-state index contributed by atoms with van der Waals surface area (Å²) in [6.45, 7) is 0.316. The summed E-state index contributed by atoms with van der Waals surface area (Å²) in [4.78, 5) is 12.1. The van der Waals surface area contributed by atoms with Crippen molar-refractivity contribution in [2.75, 3.05) is 7.11 Å². The van der Waals surface area contributed by atoms with E-state index in [-0.39, 0.29) is 11.1 Å². The lowest BCUT2D eigenvalue weighted by Gasteiger charge is -2.13. The van der Waals surface area contributed by atoms with Gasteiger partial charge in [0.25, 0.3) is 5.91 Å². The van der Waals surface area contributed by atoms with Crippen LogP contribution in [0.5, 0.6) is 11.5 Å². The first-order valence-electron chi connectivity index (χ1n) is 9.09. The van der Waals surface area contributed by atoms with Gasteiger partial charge in [-0.2, -0.15) is 10.4 Å². The number of nitriles is 1. The Bertz CT molecular complexity index is 1160. The first kappa shape index (κ1) is 21.8. The number of hydrogen-bond donors (Lipinski definition) is 1. The number of halogens is 2. The number of amides is 1. The Kier molecular flexibility index (Phi) is 7.20. The number of hydrogen-bond acceptors (Lipinski definition) is 5. The van der Waals surface area contributed by atoms with Crippen molar-refractivity contribution in [2.24, 2.45) is 5.10 Å². The SMILES string of the molecule is COc1cc(/C=N\NC(=O)c2ccc(C#N)cc2F)cc(Cl)c1OCc1ccccc1. The number of nitrogens with one attached hydrogen (secondary N) is 1. The largest absolute Gasteiger partial charge is 0.493 e. The minimum Gasteiger partial charge on any atom is -0.493 e. The lowest BCUT2D eigenvalue weighted by atomic mass is 10.1. The highest BCUT2D eigenvalue weighted by molar-refractivity contribution is 6.32. The standard InChI is InChI=1S/C23H17ClFN3O3/c1-30-21-11-17(9-19(24)22(21)31-14-15-5-3-2-4-6-15)13-27-28-23(29)18-8-7-16(12-26)10-20(18)25/h2-11,13H,14H2,1H3,(H,28,29)/b27-13-. The van der Waals surface area contributed by atoms with Gasteiger partial charge in [-0.05, 0) is 41.5 Å². The predicted octanol–water partition coefficient (Wildman–Crippen LogP) is 4.70. The summed E-state index contributed by atoms with van der Waals surface area (Å²) in [5.74, 6) is -0.779. The molecular formula is C23H17ClFN3O3. The lowest BCUT2D eigenvalue weighted by Crippen LogP contribution is -2.19. The Morgan fingerprint density at radius 3 is 2.68 bits per heavy atom. The molecule has 3 aromatic rings. The molecule has 0 aromatic heterocycles. The zero-order chi connectivity index (χ0) is 22.2. The van der Waals surface area contributed by atoms with Gasteiger partial charge in [-0.1, -0.05) is 41.9 Å². The van der Waals surface area contributed by atoms with Crippen LogP contribution in [0.2, 0.25) is 5.02 Å². The summed E-state index contributed by atoms with van der Waals surface area (Å²) in [7, 11) is 1.48.